The Labute approximate surface area is 163 Å². The maximum Gasteiger partial charge on any atom is 0.412 e. The van der Waals surface area contributed by atoms with Gasteiger partial charge in [-0.15, -0.1) is 0 Å². The number of ether oxygens (including phenoxy) is 3. The van der Waals surface area contributed by atoms with Crippen LogP contribution in [0.25, 0.3) is 0 Å². The van der Waals surface area contributed by atoms with Crippen LogP contribution in [0.1, 0.15) is 26.5 Å². The van der Waals surface area contributed by atoms with Crippen LogP contribution in [0.4, 0.5) is 10.6 Å². The highest BCUT2D eigenvalue weighted by molar-refractivity contribution is 14.1. The van der Waals surface area contributed by atoms with E-state index in [1.165, 1.54) is 6.20 Å². The average molecular weight is 483 g/mol. The number of rotatable bonds is 7. The predicted octanol–water partition coefficient (Wildman–Crippen LogP) is 0.462. The predicted molar refractivity (Wildman–Crippen MR) is 98.9 cm³/mol. The molecule has 146 valence electrons. The van der Waals surface area contributed by atoms with Gasteiger partial charge in [-0.3, -0.25) is 9.88 Å². The van der Waals surface area contributed by atoms with E-state index in [2.05, 4.69) is 10.3 Å². The highest BCUT2D eigenvalue weighted by atomic mass is 127. The van der Waals surface area contributed by atoms with Crippen molar-refractivity contribution in [3.8, 4) is 0 Å². The Bertz CT molecular complexity index is 684. The third kappa shape index (κ3) is 5.13. The van der Waals surface area contributed by atoms with Crippen LogP contribution in [0.3, 0.4) is 0 Å². The lowest BCUT2D eigenvalue weighted by atomic mass is 10.1. The van der Waals surface area contributed by atoms with E-state index in [-0.39, 0.29) is 12.4 Å². The Morgan fingerprint density at radius 2 is 2.15 bits per heavy atom. The highest BCUT2D eigenvalue weighted by Gasteiger charge is 2.42. The number of amides is 1. The first-order valence-electron chi connectivity index (χ1n) is 8.17. The van der Waals surface area contributed by atoms with Crippen molar-refractivity contribution in [1.29, 1.82) is 0 Å². The molecule has 2 heterocycles. The van der Waals surface area contributed by atoms with Crippen molar-refractivity contribution in [3.63, 3.8) is 0 Å². The van der Waals surface area contributed by atoms with Gasteiger partial charge in [0.1, 0.15) is 12.2 Å². The Kier molecular flexibility index (Phi) is 7.76. The largest absolute Gasteiger partial charge is 0.449 e. The summed E-state index contributed by atoms with van der Waals surface area (Å²) in [5.41, 5.74) is -0.734. The van der Waals surface area contributed by atoms with Gasteiger partial charge in [0.25, 0.3) is 0 Å². The number of aliphatic hydroxyl groups excluding tert-OH is 2. The number of nitrogens with zero attached hydrogens (tertiary/aromatic N) is 2. The van der Waals surface area contributed by atoms with E-state index in [0.29, 0.717) is 23.2 Å². The molecule has 0 saturated carbocycles. The van der Waals surface area contributed by atoms with Gasteiger partial charge in [0.15, 0.2) is 12.0 Å². The zero-order valence-electron chi connectivity index (χ0n) is 14.4. The standard InChI is InChI=1S/C15H22IN3O7/c1-3-24-5-4-6-25-15(23)18-12-9(16)7-19(14(22)17-12)13-11(21)10(20)8(2)26-13/h7-8,10-11,13,20-21H,3-6H2,1-2H3,(H,17,18,22,23)/t8-,10-,11-,13-/m1/s1. The fourth-order valence-electron chi connectivity index (χ4n) is 2.38. The zero-order valence-corrected chi connectivity index (χ0v) is 16.6. The van der Waals surface area contributed by atoms with Crippen LogP contribution < -0.4 is 11.0 Å². The first kappa shape index (κ1) is 21.0. The topological polar surface area (TPSA) is 132 Å². The van der Waals surface area contributed by atoms with Crippen LogP contribution in [-0.4, -0.2) is 64.0 Å². The number of hydrogen-bond donors (Lipinski definition) is 3. The minimum Gasteiger partial charge on any atom is -0.449 e. The summed E-state index contributed by atoms with van der Waals surface area (Å²) in [7, 11) is 0. The van der Waals surface area contributed by atoms with Crippen molar-refractivity contribution in [2.45, 2.75) is 44.8 Å². The van der Waals surface area contributed by atoms with Crippen molar-refractivity contribution >= 4 is 34.5 Å². The molecule has 1 aromatic rings. The van der Waals surface area contributed by atoms with Crippen molar-refractivity contribution in [1.82, 2.24) is 9.55 Å². The van der Waals surface area contributed by atoms with Gasteiger partial charge in [-0.1, -0.05) is 0 Å². The van der Waals surface area contributed by atoms with E-state index < -0.39 is 36.3 Å². The molecule has 3 N–H and O–H groups in total. The molecule has 26 heavy (non-hydrogen) atoms. The number of halogens is 1. The van der Waals surface area contributed by atoms with Gasteiger partial charge >= 0.3 is 11.8 Å². The number of carbonyl (C=O) groups is 1. The monoisotopic (exact) mass is 483 g/mol. The molecule has 0 unspecified atom stereocenters. The van der Waals surface area contributed by atoms with E-state index >= 15 is 0 Å². The lowest BCUT2D eigenvalue weighted by molar-refractivity contribution is -0.0351. The summed E-state index contributed by atoms with van der Waals surface area (Å²) >= 11 is 1.88. The molecule has 0 bridgehead atoms. The summed E-state index contributed by atoms with van der Waals surface area (Å²) in [5.74, 6) is 0.0442. The first-order valence-corrected chi connectivity index (χ1v) is 9.24. The maximum absolute atomic E-state index is 12.2. The van der Waals surface area contributed by atoms with Crippen LogP contribution in [0.15, 0.2) is 11.0 Å². The van der Waals surface area contributed by atoms with Crippen molar-refractivity contribution in [3.05, 3.63) is 20.3 Å². The number of anilines is 1. The molecule has 10 nitrogen and oxygen atoms in total. The molecule has 11 heteroatoms. The van der Waals surface area contributed by atoms with E-state index in [9.17, 15) is 19.8 Å². The van der Waals surface area contributed by atoms with Crippen LogP contribution >= 0.6 is 22.6 Å². The smallest absolute Gasteiger partial charge is 0.412 e. The molecule has 1 amide bonds. The second kappa shape index (κ2) is 9.60. The maximum atomic E-state index is 12.2. The second-order valence-electron chi connectivity index (χ2n) is 5.65. The fraction of sp³-hybridized carbons (Fsp3) is 0.667. The summed E-state index contributed by atoms with van der Waals surface area (Å²) in [6.07, 6.45) is -2.81. The molecule has 4 atom stereocenters. The summed E-state index contributed by atoms with van der Waals surface area (Å²) in [6, 6.07) is 0. The van der Waals surface area contributed by atoms with Gasteiger partial charge in [0.2, 0.25) is 0 Å². The molecule has 0 aliphatic carbocycles. The van der Waals surface area contributed by atoms with Crippen molar-refractivity contribution in [2.75, 3.05) is 25.1 Å². The Morgan fingerprint density at radius 1 is 1.42 bits per heavy atom. The normalized spacial score (nSPS) is 25.3. The molecule has 0 radical (unpaired) electrons. The molecule has 2 rings (SSSR count). The quantitative estimate of drug-likeness (QED) is 0.377. The minimum atomic E-state index is -1.26. The first-order chi connectivity index (χ1) is 12.3. The average Bonchev–Trinajstić information content (AvgIpc) is 2.85. The molecule has 1 saturated heterocycles. The highest BCUT2D eigenvalue weighted by Crippen LogP contribution is 2.28. The second-order valence-corrected chi connectivity index (χ2v) is 6.81. The molecule has 1 aliphatic rings. The van der Waals surface area contributed by atoms with Crippen molar-refractivity contribution < 1.29 is 29.2 Å². The lowest BCUT2D eigenvalue weighted by Crippen LogP contribution is -2.36. The third-order valence-corrected chi connectivity index (χ3v) is 4.54. The number of hydrogen-bond acceptors (Lipinski definition) is 8. The van der Waals surface area contributed by atoms with E-state index in [1.54, 1.807) is 6.92 Å². The van der Waals surface area contributed by atoms with Crippen LogP contribution in [0.5, 0.6) is 0 Å². The van der Waals surface area contributed by atoms with E-state index in [0.717, 1.165) is 4.57 Å². The molecular weight excluding hydrogens is 461 g/mol. The molecule has 1 aromatic heterocycles. The number of aromatic nitrogens is 2. The Morgan fingerprint density at radius 3 is 2.77 bits per heavy atom. The molecule has 1 aliphatic heterocycles. The summed E-state index contributed by atoms with van der Waals surface area (Å²) in [5, 5.41) is 22.2. The number of nitrogens with one attached hydrogen (secondary N) is 1. The summed E-state index contributed by atoms with van der Waals surface area (Å²) in [4.78, 5) is 27.8. The minimum absolute atomic E-state index is 0.0442. The molecule has 0 spiro atoms. The van der Waals surface area contributed by atoms with Gasteiger partial charge in [-0.05, 0) is 36.4 Å². The number of carbonyl (C=O) groups excluding carboxylic acids is 1. The summed E-state index contributed by atoms with van der Waals surface area (Å²) < 4.78 is 17.1. The van der Waals surface area contributed by atoms with Gasteiger partial charge in [-0.25, -0.2) is 9.59 Å². The molecular formula is C15H22IN3O7. The molecule has 0 aromatic carbocycles. The SMILES string of the molecule is CCOCCCOC(=O)Nc1nc(=O)n([C@@H]2O[C@H](C)[C@@H](O)[C@H]2O)cc1I. The lowest BCUT2D eigenvalue weighted by Gasteiger charge is -2.18. The van der Waals surface area contributed by atoms with Gasteiger partial charge in [0, 0.05) is 25.8 Å². The van der Waals surface area contributed by atoms with Crippen molar-refractivity contribution in [2.24, 2.45) is 0 Å². The zero-order chi connectivity index (χ0) is 19.3. The van der Waals surface area contributed by atoms with Crippen LogP contribution in [-0.2, 0) is 14.2 Å². The fourth-order valence-corrected chi connectivity index (χ4v) is 2.93. The van der Waals surface area contributed by atoms with E-state index in [1.807, 2.05) is 29.5 Å². The van der Waals surface area contributed by atoms with Crippen LogP contribution in [0, 0.1) is 3.57 Å². The van der Waals surface area contributed by atoms with Gasteiger partial charge < -0.3 is 24.4 Å². The summed E-state index contributed by atoms with van der Waals surface area (Å²) in [6.45, 7) is 4.73. The third-order valence-electron chi connectivity index (χ3n) is 3.75. The Hall–Kier alpha value is -1.28. The number of aliphatic hydroxyl groups is 2. The van der Waals surface area contributed by atoms with Gasteiger partial charge in [0.05, 0.1) is 16.3 Å². The van der Waals surface area contributed by atoms with E-state index in [4.69, 9.17) is 14.2 Å². The Balaban J connectivity index is 2.01. The van der Waals surface area contributed by atoms with Crippen LogP contribution in [0.2, 0.25) is 0 Å². The molecule has 1 fully saturated rings. The van der Waals surface area contributed by atoms with Gasteiger partial charge in [-0.2, -0.15) is 4.98 Å².